The van der Waals surface area contributed by atoms with Crippen molar-refractivity contribution in [3.8, 4) is 0 Å². The molecule has 0 aliphatic heterocycles. The van der Waals surface area contributed by atoms with Crippen LogP contribution >= 0.6 is 0 Å². The Balaban J connectivity index is 2.31. The molecule has 2 nitrogen and oxygen atoms in total. The second-order valence-electron chi connectivity index (χ2n) is 5.37. The molecule has 1 N–H and O–H groups in total. The lowest BCUT2D eigenvalue weighted by molar-refractivity contribution is 0.0586. The fourth-order valence-electron chi connectivity index (χ4n) is 2.74. The molecule has 112 valence electrons. The minimum Gasteiger partial charge on any atom is -0.380 e. The molecule has 2 aromatic carbocycles. The highest BCUT2D eigenvalue weighted by molar-refractivity contribution is 5.35. The van der Waals surface area contributed by atoms with Crippen molar-refractivity contribution in [1.29, 1.82) is 0 Å². The average Bonchev–Trinajstić information content (AvgIpc) is 2.57. The van der Waals surface area contributed by atoms with Gasteiger partial charge in [-0.15, -0.1) is 0 Å². The Kier molecular flexibility index (Phi) is 5.54. The van der Waals surface area contributed by atoms with Crippen molar-refractivity contribution >= 4 is 0 Å². The Morgan fingerprint density at radius 3 is 1.62 bits per heavy atom. The van der Waals surface area contributed by atoms with Crippen LogP contribution in [0.5, 0.6) is 0 Å². The predicted molar refractivity (Wildman–Crippen MR) is 88.3 cm³/mol. The zero-order chi connectivity index (χ0) is 15.1. The van der Waals surface area contributed by atoms with Crippen molar-refractivity contribution in [3.05, 3.63) is 71.8 Å². The zero-order valence-corrected chi connectivity index (χ0v) is 13.0. The van der Waals surface area contributed by atoms with E-state index in [0.29, 0.717) is 6.42 Å². The summed E-state index contributed by atoms with van der Waals surface area (Å²) in [7, 11) is 0. The van der Waals surface area contributed by atoms with Gasteiger partial charge in [0.1, 0.15) is 5.60 Å². The predicted octanol–water partition coefficient (Wildman–Crippen LogP) is 3.65. The van der Waals surface area contributed by atoms with Gasteiger partial charge in [0.2, 0.25) is 0 Å². The number of hydrogen-bond acceptors (Lipinski definition) is 2. The SMILES string of the molecule is CCN(CC)CCC(O)(c1ccccc1)c1ccccc1. The molecule has 0 saturated heterocycles. The van der Waals surface area contributed by atoms with Crippen molar-refractivity contribution in [3.63, 3.8) is 0 Å². The van der Waals surface area contributed by atoms with Gasteiger partial charge in [-0.1, -0.05) is 74.5 Å². The molecule has 0 spiro atoms. The maximum Gasteiger partial charge on any atom is 0.116 e. The Labute approximate surface area is 128 Å². The van der Waals surface area contributed by atoms with Gasteiger partial charge in [0, 0.05) is 6.54 Å². The summed E-state index contributed by atoms with van der Waals surface area (Å²) in [5, 5.41) is 11.4. The maximum atomic E-state index is 11.4. The van der Waals surface area contributed by atoms with E-state index in [0.717, 1.165) is 30.8 Å². The van der Waals surface area contributed by atoms with Crippen LogP contribution in [0.2, 0.25) is 0 Å². The largest absolute Gasteiger partial charge is 0.380 e. The van der Waals surface area contributed by atoms with E-state index in [9.17, 15) is 5.11 Å². The Bertz CT molecular complexity index is 480. The van der Waals surface area contributed by atoms with Gasteiger partial charge in [0.25, 0.3) is 0 Å². The van der Waals surface area contributed by atoms with Crippen LogP contribution < -0.4 is 0 Å². The van der Waals surface area contributed by atoms with Crippen LogP contribution in [0.15, 0.2) is 60.7 Å². The van der Waals surface area contributed by atoms with Gasteiger partial charge in [-0.05, 0) is 30.6 Å². The van der Waals surface area contributed by atoms with Crippen LogP contribution in [0, 0.1) is 0 Å². The molecule has 0 saturated carbocycles. The van der Waals surface area contributed by atoms with E-state index in [1.165, 1.54) is 0 Å². The topological polar surface area (TPSA) is 23.5 Å². The monoisotopic (exact) mass is 283 g/mol. The summed E-state index contributed by atoms with van der Waals surface area (Å²) in [6.07, 6.45) is 0.697. The molecule has 0 radical (unpaired) electrons. The lowest BCUT2D eigenvalue weighted by atomic mass is 9.83. The molecule has 21 heavy (non-hydrogen) atoms. The second-order valence-corrected chi connectivity index (χ2v) is 5.37. The third-order valence-electron chi connectivity index (χ3n) is 4.19. The van der Waals surface area contributed by atoms with E-state index in [2.05, 4.69) is 18.7 Å². The number of rotatable bonds is 7. The molecule has 0 aliphatic rings. The Morgan fingerprint density at radius 1 is 0.810 bits per heavy atom. The van der Waals surface area contributed by atoms with E-state index < -0.39 is 5.60 Å². The first kappa shape index (κ1) is 15.7. The summed E-state index contributed by atoms with van der Waals surface area (Å²) >= 11 is 0. The van der Waals surface area contributed by atoms with Crippen LogP contribution in [0.4, 0.5) is 0 Å². The van der Waals surface area contributed by atoms with E-state index in [1.807, 2.05) is 60.7 Å². The molecule has 2 aromatic rings. The lowest BCUT2D eigenvalue weighted by Crippen LogP contribution is -2.34. The number of nitrogens with zero attached hydrogens (tertiary/aromatic N) is 1. The molecule has 0 heterocycles. The van der Waals surface area contributed by atoms with Crippen LogP contribution in [0.25, 0.3) is 0 Å². The summed E-state index contributed by atoms with van der Waals surface area (Å²) in [5.74, 6) is 0. The summed E-state index contributed by atoms with van der Waals surface area (Å²) in [6.45, 7) is 7.22. The molecule has 0 fully saturated rings. The standard InChI is InChI=1S/C19H25NO/c1-3-20(4-2)16-15-19(21,17-11-7-5-8-12-17)18-13-9-6-10-14-18/h5-14,21H,3-4,15-16H2,1-2H3. The summed E-state index contributed by atoms with van der Waals surface area (Å²) in [5.41, 5.74) is 0.997. The highest BCUT2D eigenvalue weighted by atomic mass is 16.3. The quantitative estimate of drug-likeness (QED) is 0.838. The van der Waals surface area contributed by atoms with Crippen molar-refractivity contribution in [2.75, 3.05) is 19.6 Å². The van der Waals surface area contributed by atoms with Crippen LogP contribution in [0.3, 0.4) is 0 Å². The number of hydrogen-bond donors (Lipinski definition) is 1. The minimum atomic E-state index is -0.925. The number of aliphatic hydroxyl groups is 1. The van der Waals surface area contributed by atoms with E-state index >= 15 is 0 Å². The van der Waals surface area contributed by atoms with Gasteiger partial charge < -0.3 is 10.0 Å². The average molecular weight is 283 g/mol. The summed E-state index contributed by atoms with van der Waals surface area (Å²) in [4.78, 5) is 2.34. The van der Waals surface area contributed by atoms with Crippen molar-refractivity contribution < 1.29 is 5.11 Å². The molecule has 0 aliphatic carbocycles. The molecule has 0 aromatic heterocycles. The van der Waals surface area contributed by atoms with Crippen LogP contribution in [-0.4, -0.2) is 29.6 Å². The Hall–Kier alpha value is -1.64. The Morgan fingerprint density at radius 2 is 1.24 bits per heavy atom. The summed E-state index contributed by atoms with van der Waals surface area (Å²) < 4.78 is 0. The fourth-order valence-corrected chi connectivity index (χ4v) is 2.74. The lowest BCUT2D eigenvalue weighted by Gasteiger charge is -2.32. The first-order valence-corrected chi connectivity index (χ1v) is 7.76. The molecule has 0 unspecified atom stereocenters. The van der Waals surface area contributed by atoms with Gasteiger partial charge in [-0.25, -0.2) is 0 Å². The zero-order valence-electron chi connectivity index (χ0n) is 13.0. The highest BCUT2D eigenvalue weighted by Gasteiger charge is 2.31. The molecular formula is C19H25NO. The van der Waals surface area contributed by atoms with Crippen LogP contribution in [0.1, 0.15) is 31.4 Å². The van der Waals surface area contributed by atoms with Gasteiger partial charge in [0.05, 0.1) is 0 Å². The van der Waals surface area contributed by atoms with Gasteiger partial charge >= 0.3 is 0 Å². The normalized spacial score (nSPS) is 11.8. The minimum absolute atomic E-state index is 0.697. The third-order valence-corrected chi connectivity index (χ3v) is 4.19. The smallest absolute Gasteiger partial charge is 0.116 e. The molecule has 0 atom stereocenters. The van der Waals surface area contributed by atoms with E-state index in [1.54, 1.807) is 0 Å². The highest BCUT2D eigenvalue weighted by Crippen LogP contribution is 2.33. The second kappa shape index (κ2) is 7.39. The first-order chi connectivity index (χ1) is 10.2. The molecular weight excluding hydrogens is 258 g/mol. The molecule has 2 heteroatoms. The number of benzene rings is 2. The van der Waals surface area contributed by atoms with Crippen molar-refractivity contribution in [2.24, 2.45) is 0 Å². The van der Waals surface area contributed by atoms with Gasteiger partial charge in [-0.2, -0.15) is 0 Å². The molecule has 2 rings (SSSR count). The van der Waals surface area contributed by atoms with Crippen molar-refractivity contribution in [2.45, 2.75) is 25.9 Å². The third kappa shape index (κ3) is 3.72. The summed E-state index contributed by atoms with van der Waals surface area (Å²) in [6, 6.07) is 20.0. The molecule has 0 amide bonds. The van der Waals surface area contributed by atoms with E-state index in [-0.39, 0.29) is 0 Å². The first-order valence-electron chi connectivity index (χ1n) is 7.76. The van der Waals surface area contributed by atoms with E-state index in [4.69, 9.17) is 0 Å². The van der Waals surface area contributed by atoms with Gasteiger partial charge in [0.15, 0.2) is 0 Å². The maximum absolute atomic E-state index is 11.4. The van der Waals surface area contributed by atoms with Crippen molar-refractivity contribution in [1.82, 2.24) is 4.90 Å². The van der Waals surface area contributed by atoms with Crippen LogP contribution in [-0.2, 0) is 5.60 Å². The fraction of sp³-hybridized carbons (Fsp3) is 0.368. The molecule has 0 bridgehead atoms. The van der Waals surface area contributed by atoms with Gasteiger partial charge in [-0.3, -0.25) is 0 Å².